The van der Waals surface area contributed by atoms with Gasteiger partial charge in [0.05, 0.1) is 4.36 Å². The monoisotopic (exact) mass is 123 g/mol. The summed E-state index contributed by atoms with van der Waals surface area (Å²) in [4.78, 5) is 0. The minimum atomic E-state index is 0.470. The zero-order chi connectivity index (χ0) is 4.99. The molecule has 0 aromatic carbocycles. The van der Waals surface area contributed by atoms with E-state index in [9.17, 15) is 0 Å². The number of halogens is 1. The Hall–Kier alpha value is 0.180. The first-order valence-corrected chi connectivity index (χ1v) is 2.32. The van der Waals surface area contributed by atoms with E-state index in [0.29, 0.717) is 4.36 Å². The van der Waals surface area contributed by atoms with Crippen molar-refractivity contribution in [2.45, 2.75) is 0 Å². The number of hydrogen-bond donors (Lipinski definition) is 2. The van der Waals surface area contributed by atoms with Gasteiger partial charge in [0.1, 0.15) is 0 Å². The summed E-state index contributed by atoms with van der Waals surface area (Å²) in [6.07, 6.45) is 1.59. The summed E-state index contributed by atoms with van der Waals surface area (Å²) in [5.74, 6) is 0. The molecule has 0 atom stereocenters. The van der Waals surface area contributed by atoms with Crippen LogP contribution in [0.3, 0.4) is 0 Å². The van der Waals surface area contributed by atoms with E-state index in [-0.39, 0.29) is 0 Å². The lowest BCUT2D eigenvalue weighted by atomic mass is 11.0. The summed E-state index contributed by atoms with van der Waals surface area (Å²) >= 11 is 8.98. The fraction of sp³-hybridized carbons (Fsp3) is 0.333. The SMILES string of the molecule is CN/C=C(\S)Cl. The zero-order valence-corrected chi connectivity index (χ0v) is 5.05. The van der Waals surface area contributed by atoms with Crippen molar-refractivity contribution in [3.63, 3.8) is 0 Å². The van der Waals surface area contributed by atoms with Crippen LogP contribution < -0.4 is 5.32 Å². The van der Waals surface area contributed by atoms with E-state index >= 15 is 0 Å². The van der Waals surface area contributed by atoms with Crippen LogP contribution in [0.15, 0.2) is 10.6 Å². The van der Waals surface area contributed by atoms with Crippen molar-refractivity contribution in [2.75, 3.05) is 7.05 Å². The quantitative estimate of drug-likeness (QED) is 0.499. The number of nitrogens with one attached hydrogen (secondary N) is 1. The molecule has 36 valence electrons. The molecule has 0 heterocycles. The van der Waals surface area contributed by atoms with Crippen LogP contribution in [0.25, 0.3) is 0 Å². The first-order chi connectivity index (χ1) is 2.77. The average molecular weight is 124 g/mol. The topological polar surface area (TPSA) is 12.0 Å². The van der Waals surface area contributed by atoms with E-state index in [1.807, 2.05) is 0 Å². The van der Waals surface area contributed by atoms with Crippen LogP contribution in [0, 0.1) is 0 Å². The molecule has 3 heteroatoms. The van der Waals surface area contributed by atoms with Crippen LogP contribution in [-0.2, 0) is 0 Å². The van der Waals surface area contributed by atoms with Crippen molar-refractivity contribution in [1.82, 2.24) is 5.32 Å². The van der Waals surface area contributed by atoms with Crippen LogP contribution in [0.2, 0.25) is 0 Å². The lowest BCUT2D eigenvalue weighted by Crippen LogP contribution is -1.90. The third-order valence-corrected chi connectivity index (χ3v) is 0.502. The third kappa shape index (κ3) is 4.18. The molecule has 6 heavy (non-hydrogen) atoms. The van der Waals surface area contributed by atoms with Gasteiger partial charge >= 0.3 is 0 Å². The van der Waals surface area contributed by atoms with Crippen LogP contribution in [-0.4, -0.2) is 7.05 Å². The molecule has 0 fully saturated rings. The van der Waals surface area contributed by atoms with Gasteiger partial charge in [-0.15, -0.1) is 12.6 Å². The maximum Gasteiger partial charge on any atom is 0.0861 e. The Kier molecular flexibility index (Phi) is 3.47. The number of thiol groups is 1. The van der Waals surface area contributed by atoms with Crippen LogP contribution >= 0.6 is 24.2 Å². The van der Waals surface area contributed by atoms with Crippen molar-refractivity contribution in [3.05, 3.63) is 10.6 Å². The predicted octanol–water partition coefficient (Wildman–Crippen LogP) is 1.17. The van der Waals surface area contributed by atoms with Crippen LogP contribution in [0.1, 0.15) is 0 Å². The molecule has 0 rings (SSSR count). The second-order valence-electron chi connectivity index (χ2n) is 0.756. The van der Waals surface area contributed by atoms with Gasteiger partial charge in [0.25, 0.3) is 0 Å². The van der Waals surface area contributed by atoms with Gasteiger partial charge < -0.3 is 5.32 Å². The fourth-order valence-electron chi connectivity index (χ4n) is 0.119. The smallest absolute Gasteiger partial charge is 0.0861 e. The maximum absolute atomic E-state index is 5.24. The highest BCUT2D eigenvalue weighted by Gasteiger charge is 1.70. The highest BCUT2D eigenvalue weighted by atomic mass is 35.5. The van der Waals surface area contributed by atoms with Gasteiger partial charge in [0.2, 0.25) is 0 Å². The molecule has 1 N–H and O–H groups in total. The van der Waals surface area contributed by atoms with Crippen molar-refractivity contribution in [3.8, 4) is 0 Å². The third-order valence-electron chi connectivity index (χ3n) is 0.263. The fourth-order valence-corrected chi connectivity index (χ4v) is 0.357. The van der Waals surface area contributed by atoms with Crippen molar-refractivity contribution in [1.29, 1.82) is 0 Å². The minimum Gasteiger partial charge on any atom is -0.392 e. The van der Waals surface area contributed by atoms with E-state index in [1.54, 1.807) is 13.2 Å². The molecule has 0 radical (unpaired) electrons. The zero-order valence-electron chi connectivity index (χ0n) is 3.40. The molecule has 0 unspecified atom stereocenters. The van der Waals surface area contributed by atoms with E-state index in [4.69, 9.17) is 11.6 Å². The molecule has 0 aliphatic carbocycles. The standard InChI is InChI=1S/C3H6ClNS/c1-5-2-3(4)6/h2,5-6H,1H3/b3-2-. The number of rotatable bonds is 1. The van der Waals surface area contributed by atoms with Gasteiger partial charge in [0.15, 0.2) is 0 Å². The largest absolute Gasteiger partial charge is 0.392 e. The normalized spacial score (nSPS) is 11.5. The average Bonchev–Trinajstić information content (AvgIpc) is 1.35. The van der Waals surface area contributed by atoms with Gasteiger partial charge in [-0.05, 0) is 0 Å². The minimum absolute atomic E-state index is 0.470. The highest BCUT2D eigenvalue weighted by Crippen LogP contribution is 2.01. The molecular weight excluding hydrogens is 118 g/mol. The van der Waals surface area contributed by atoms with E-state index in [2.05, 4.69) is 17.9 Å². The number of hydrogen-bond acceptors (Lipinski definition) is 2. The molecule has 0 aromatic rings. The molecule has 0 saturated heterocycles. The second-order valence-corrected chi connectivity index (χ2v) is 1.91. The molecule has 0 bridgehead atoms. The maximum atomic E-state index is 5.24. The lowest BCUT2D eigenvalue weighted by molar-refractivity contribution is 1.10. The summed E-state index contributed by atoms with van der Waals surface area (Å²) < 4.78 is 0.470. The Morgan fingerprint density at radius 2 is 2.50 bits per heavy atom. The predicted molar refractivity (Wildman–Crippen MR) is 32.0 cm³/mol. The van der Waals surface area contributed by atoms with E-state index < -0.39 is 0 Å². The first kappa shape index (κ1) is 6.18. The molecule has 0 aromatic heterocycles. The van der Waals surface area contributed by atoms with Crippen molar-refractivity contribution in [2.24, 2.45) is 0 Å². The summed E-state index contributed by atoms with van der Waals surface area (Å²) in [6.45, 7) is 0. The molecule has 0 aliphatic heterocycles. The molecular formula is C3H6ClNS. The van der Waals surface area contributed by atoms with Gasteiger partial charge in [-0.25, -0.2) is 0 Å². The Labute approximate surface area is 47.8 Å². The highest BCUT2D eigenvalue weighted by molar-refractivity contribution is 7.86. The molecule has 0 amide bonds. The lowest BCUT2D eigenvalue weighted by Gasteiger charge is -1.81. The second kappa shape index (κ2) is 3.37. The van der Waals surface area contributed by atoms with Crippen molar-refractivity contribution >= 4 is 24.2 Å². The Morgan fingerprint density at radius 3 is 2.50 bits per heavy atom. The van der Waals surface area contributed by atoms with Crippen molar-refractivity contribution < 1.29 is 0 Å². The molecule has 1 nitrogen and oxygen atoms in total. The molecule has 0 aliphatic rings. The van der Waals surface area contributed by atoms with Gasteiger partial charge in [-0.3, -0.25) is 0 Å². The Bertz CT molecular complexity index is 57.8. The van der Waals surface area contributed by atoms with Gasteiger partial charge in [-0.1, -0.05) is 11.6 Å². The summed E-state index contributed by atoms with van der Waals surface area (Å²) in [5, 5.41) is 2.70. The van der Waals surface area contributed by atoms with Gasteiger partial charge in [0, 0.05) is 13.2 Å². The van der Waals surface area contributed by atoms with Gasteiger partial charge in [-0.2, -0.15) is 0 Å². The summed E-state index contributed by atoms with van der Waals surface area (Å²) in [5.41, 5.74) is 0. The summed E-state index contributed by atoms with van der Waals surface area (Å²) in [6, 6.07) is 0. The first-order valence-electron chi connectivity index (χ1n) is 1.49. The Morgan fingerprint density at radius 1 is 2.00 bits per heavy atom. The van der Waals surface area contributed by atoms with E-state index in [0.717, 1.165) is 0 Å². The molecule has 0 spiro atoms. The van der Waals surface area contributed by atoms with E-state index in [1.165, 1.54) is 0 Å². The van der Waals surface area contributed by atoms with Crippen LogP contribution in [0.5, 0.6) is 0 Å². The summed E-state index contributed by atoms with van der Waals surface area (Å²) in [7, 11) is 1.76. The van der Waals surface area contributed by atoms with Crippen LogP contribution in [0.4, 0.5) is 0 Å². The Balaban J connectivity index is 3.14. The molecule has 0 saturated carbocycles.